The number of carbonyl (C=O) groups excluding carboxylic acids is 2. The van der Waals surface area contributed by atoms with Crippen LogP contribution in [0.25, 0.3) is 11.0 Å². The van der Waals surface area contributed by atoms with E-state index in [2.05, 4.69) is 0 Å². The molecule has 0 bridgehead atoms. The zero-order chi connectivity index (χ0) is 21.5. The average Bonchev–Trinajstić information content (AvgIpc) is 3.19. The highest BCUT2D eigenvalue weighted by Gasteiger charge is 2.40. The minimum atomic E-state index is -0.417. The fraction of sp³-hybridized carbons (Fsp3) is 0.304. The van der Waals surface area contributed by atoms with Crippen molar-refractivity contribution in [3.8, 4) is 5.75 Å². The normalized spacial score (nSPS) is 18.5. The van der Waals surface area contributed by atoms with E-state index in [1.807, 2.05) is 60.5 Å². The number of aromatic nitrogens is 2. The van der Waals surface area contributed by atoms with Crippen molar-refractivity contribution in [3.05, 3.63) is 48.5 Å². The predicted octanol–water partition coefficient (Wildman–Crippen LogP) is 2.47. The second kappa shape index (κ2) is 7.54. The highest BCUT2D eigenvalue weighted by molar-refractivity contribution is 6.05. The number of hydrogen-bond donors (Lipinski definition) is 0. The third kappa shape index (κ3) is 3.34. The smallest absolute Gasteiger partial charge is 0.233 e. The van der Waals surface area contributed by atoms with Gasteiger partial charge in [0, 0.05) is 38.8 Å². The summed E-state index contributed by atoms with van der Waals surface area (Å²) in [7, 11) is 3.55. The molecule has 31 heavy (non-hydrogen) atoms. The van der Waals surface area contributed by atoms with Crippen molar-refractivity contribution in [2.24, 2.45) is 5.92 Å². The maximum absolute atomic E-state index is 13.5. The molecule has 3 aromatic rings. The molecule has 1 saturated heterocycles. The van der Waals surface area contributed by atoms with Crippen molar-refractivity contribution in [2.75, 3.05) is 48.5 Å². The van der Waals surface area contributed by atoms with Crippen LogP contribution < -0.4 is 19.4 Å². The maximum atomic E-state index is 13.5. The van der Waals surface area contributed by atoms with Crippen molar-refractivity contribution in [2.45, 2.75) is 6.42 Å². The Hall–Kier alpha value is -3.68. The van der Waals surface area contributed by atoms with Gasteiger partial charge in [-0.05, 0) is 36.4 Å². The Balaban J connectivity index is 1.42. The van der Waals surface area contributed by atoms with E-state index in [4.69, 9.17) is 14.7 Å². The molecule has 5 rings (SSSR count). The molecule has 0 saturated carbocycles. The molecule has 0 N–H and O–H groups in total. The number of anilines is 3. The molecule has 2 aliphatic rings. The first-order chi connectivity index (χ1) is 15.0. The number of rotatable bonds is 3. The fourth-order valence-corrected chi connectivity index (χ4v) is 4.20. The Kier molecular flexibility index (Phi) is 4.69. The van der Waals surface area contributed by atoms with Crippen molar-refractivity contribution in [1.82, 2.24) is 9.97 Å². The van der Waals surface area contributed by atoms with Crippen molar-refractivity contribution in [3.63, 3.8) is 0 Å². The van der Waals surface area contributed by atoms with Crippen LogP contribution in [0, 0.1) is 5.92 Å². The van der Waals surface area contributed by atoms with E-state index in [0.29, 0.717) is 31.3 Å². The first-order valence-electron chi connectivity index (χ1n) is 10.3. The number of carbonyl (C=O) groups is 2. The largest absolute Gasteiger partial charge is 0.497 e. The summed E-state index contributed by atoms with van der Waals surface area (Å²) in [6.07, 6.45) is 0.188. The lowest BCUT2D eigenvalue weighted by Gasteiger charge is -2.34. The topological polar surface area (TPSA) is 78.9 Å². The van der Waals surface area contributed by atoms with Gasteiger partial charge in [0.25, 0.3) is 0 Å². The lowest BCUT2D eigenvalue weighted by Crippen LogP contribution is -2.46. The minimum Gasteiger partial charge on any atom is -0.497 e. The molecule has 3 heterocycles. The van der Waals surface area contributed by atoms with Gasteiger partial charge < -0.3 is 14.5 Å². The van der Waals surface area contributed by atoms with Crippen LogP contribution in [0.5, 0.6) is 5.75 Å². The summed E-state index contributed by atoms with van der Waals surface area (Å²) in [5.41, 5.74) is 2.31. The molecule has 2 aliphatic heterocycles. The summed E-state index contributed by atoms with van der Waals surface area (Å²) in [6.45, 7) is 1.53. The number of amides is 2. The molecule has 1 unspecified atom stereocenters. The summed E-state index contributed by atoms with van der Waals surface area (Å²) < 4.78 is 5.19. The lowest BCUT2D eigenvalue weighted by molar-refractivity contribution is -0.124. The van der Waals surface area contributed by atoms with Gasteiger partial charge in [0.1, 0.15) is 5.75 Å². The SMILES string of the molecule is COc1ccc(N2CC(C(=O)N3CCN(C)c4nc5ccccc5nc43)CC2=O)cc1. The Morgan fingerprint density at radius 1 is 1.00 bits per heavy atom. The maximum Gasteiger partial charge on any atom is 0.233 e. The second-order valence-corrected chi connectivity index (χ2v) is 7.87. The van der Waals surface area contributed by atoms with Gasteiger partial charge in [-0.2, -0.15) is 0 Å². The van der Waals surface area contributed by atoms with Gasteiger partial charge in [0.05, 0.1) is 24.1 Å². The molecule has 0 spiro atoms. The summed E-state index contributed by atoms with van der Waals surface area (Å²) in [5, 5.41) is 0. The van der Waals surface area contributed by atoms with E-state index in [1.54, 1.807) is 16.9 Å². The van der Waals surface area contributed by atoms with Crippen molar-refractivity contribution < 1.29 is 14.3 Å². The lowest BCUT2D eigenvalue weighted by atomic mass is 10.1. The zero-order valence-electron chi connectivity index (χ0n) is 17.5. The predicted molar refractivity (Wildman–Crippen MR) is 119 cm³/mol. The summed E-state index contributed by atoms with van der Waals surface area (Å²) in [5.74, 6) is 1.43. The molecule has 2 amide bonds. The molecular formula is C23H23N5O3. The average molecular weight is 417 g/mol. The van der Waals surface area contributed by atoms with E-state index in [9.17, 15) is 9.59 Å². The van der Waals surface area contributed by atoms with E-state index in [-0.39, 0.29) is 18.2 Å². The molecular weight excluding hydrogens is 394 g/mol. The number of hydrogen-bond acceptors (Lipinski definition) is 6. The van der Waals surface area contributed by atoms with E-state index in [1.165, 1.54) is 0 Å². The van der Waals surface area contributed by atoms with Gasteiger partial charge in [-0.3, -0.25) is 14.5 Å². The molecule has 1 aromatic heterocycles. The second-order valence-electron chi connectivity index (χ2n) is 7.87. The van der Waals surface area contributed by atoms with Gasteiger partial charge in [-0.15, -0.1) is 0 Å². The molecule has 158 valence electrons. The summed E-state index contributed by atoms with van der Waals surface area (Å²) in [4.78, 5) is 41.0. The number of nitrogens with zero attached hydrogens (tertiary/aromatic N) is 5. The third-order valence-electron chi connectivity index (χ3n) is 5.94. The number of para-hydroxylation sites is 2. The van der Waals surface area contributed by atoms with Gasteiger partial charge in [-0.25, -0.2) is 9.97 Å². The molecule has 0 radical (unpaired) electrons. The zero-order valence-corrected chi connectivity index (χ0v) is 17.5. The molecule has 8 heteroatoms. The fourth-order valence-electron chi connectivity index (χ4n) is 4.20. The van der Waals surface area contributed by atoms with Crippen LogP contribution in [0.4, 0.5) is 17.3 Å². The van der Waals surface area contributed by atoms with Gasteiger partial charge in [0.15, 0.2) is 11.6 Å². The Morgan fingerprint density at radius 3 is 2.35 bits per heavy atom. The number of fused-ring (bicyclic) bond motifs is 2. The minimum absolute atomic E-state index is 0.0533. The summed E-state index contributed by atoms with van der Waals surface area (Å²) >= 11 is 0. The monoisotopic (exact) mass is 417 g/mol. The van der Waals surface area contributed by atoms with Crippen molar-refractivity contribution in [1.29, 1.82) is 0 Å². The number of likely N-dealkylation sites (N-methyl/N-ethyl adjacent to an activating group) is 1. The number of benzene rings is 2. The van der Waals surface area contributed by atoms with E-state index >= 15 is 0 Å². The molecule has 0 aliphatic carbocycles. The first kappa shape index (κ1) is 19.3. The first-order valence-corrected chi connectivity index (χ1v) is 10.3. The van der Waals surface area contributed by atoms with E-state index < -0.39 is 5.92 Å². The molecule has 2 aromatic carbocycles. The van der Waals surface area contributed by atoms with Crippen LogP contribution in [0.1, 0.15) is 6.42 Å². The number of methoxy groups -OCH3 is 1. The van der Waals surface area contributed by atoms with Gasteiger partial charge >= 0.3 is 0 Å². The molecule has 1 atom stereocenters. The number of ether oxygens (including phenoxy) is 1. The Labute approximate surface area is 180 Å². The van der Waals surface area contributed by atoms with Gasteiger partial charge in [-0.1, -0.05) is 12.1 Å². The molecule has 1 fully saturated rings. The van der Waals surface area contributed by atoms with Crippen LogP contribution in [-0.2, 0) is 9.59 Å². The van der Waals surface area contributed by atoms with Crippen LogP contribution >= 0.6 is 0 Å². The van der Waals surface area contributed by atoms with Crippen LogP contribution in [0.3, 0.4) is 0 Å². The summed E-state index contributed by atoms with van der Waals surface area (Å²) in [6, 6.07) is 14.9. The van der Waals surface area contributed by atoms with E-state index in [0.717, 1.165) is 22.5 Å². The molecule has 8 nitrogen and oxygen atoms in total. The van der Waals surface area contributed by atoms with Crippen LogP contribution in [-0.4, -0.2) is 55.6 Å². The highest BCUT2D eigenvalue weighted by Crippen LogP contribution is 2.34. The van der Waals surface area contributed by atoms with Gasteiger partial charge in [0.2, 0.25) is 11.8 Å². The Morgan fingerprint density at radius 2 is 1.68 bits per heavy atom. The highest BCUT2D eigenvalue weighted by atomic mass is 16.5. The van der Waals surface area contributed by atoms with Crippen LogP contribution in [0.2, 0.25) is 0 Å². The third-order valence-corrected chi connectivity index (χ3v) is 5.94. The van der Waals surface area contributed by atoms with Crippen molar-refractivity contribution >= 4 is 40.2 Å². The van der Waals surface area contributed by atoms with Crippen LogP contribution in [0.15, 0.2) is 48.5 Å². The quantitative estimate of drug-likeness (QED) is 0.652. The Bertz CT molecular complexity index is 1160. The standard InChI is InChI=1S/C23H23N5O3/c1-26-11-12-27(22-21(26)24-18-5-3-4-6-19(18)25-22)23(30)15-13-20(29)28(14-15)16-7-9-17(31-2)10-8-16/h3-10,15H,11-14H2,1-2H3.